The van der Waals surface area contributed by atoms with Gasteiger partial charge in [0.15, 0.2) is 0 Å². The van der Waals surface area contributed by atoms with E-state index in [9.17, 15) is 57.5 Å². The molecule has 0 aliphatic heterocycles. The zero-order valence-electron chi connectivity index (χ0n) is 75.9. The van der Waals surface area contributed by atoms with Crippen LogP contribution in [-0.4, -0.2) is 227 Å². The number of carbonyl (C=O) groups excluding carboxylic acids is 12. The number of esters is 12. The number of benzene rings is 3. The largest absolute Gasteiger partial charge is 0.464 e. The maximum Gasteiger partial charge on any atom is 0.319 e. The van der Waals surface area contributed by atoms with Crippen LogP contribution in [0, 0.1) is 48.7 Å². The van der Waals surface area contributed by atoms with Crippen molar-refractivity contribution < 1.29 is 114 Å². The van der Waals surface area contributed by atoms with Gasteiger partial charge in [-0.05, 0) is 161 Å². The quantitative estimate of drug-likeness (QED) is 0.00854. The van der Waals surface area contributed by atoms with E-state index < -0.39 is 165 Å². The predicted octanol–water partition coefficient (Wildman–Crippen LogP) is 15.5. The highest BCUT2D eigenvalue weighted by Gasteiger charge is 2.48. The number of hydrogen-bond acceptors (Lipinski definition) is 30. The molecule has 3 aromatic heterocycles. The summed E-state index contributed by atoms with van der Waals surface area (Å²) in [5.41, 5.74) is -10.9. The summed E-state index contributed by atoms with van der Waals surface area (Å²) in [7, 11) is 0. The Bertz CT molecular complexity index is 4310. The zero-order valence-corrected chi connectivity index (χ0v) is 84.9. The number of ether oxygens (including phenoxy) is 12. The lowest BCUT2D eigenvalue weighted by Crippen LogP contribution is -2.44. The lowest BCUT2D eigenvalue weighted by Gasteiger charge is -2.32. The minimum atomic E-state index is -1.72. The molecular formula is C89H111Cl12N9O24. The van der Waals surface area contributed by atoms with Crippen molar-refractivity contribution in [2.75, 3.05) is 110 Å². The van der Waals surface area contributed by atoms with Crippen molar-refractivity contribution in [2.45, 2.75) is 172 Å². The van der Waals surface area contributed by atoms with E-state index in [0.717, 1.165) is 16.7 Å². The van der Waals surface area contributed by atoms with Gasteiger partial charge in [0.1, 0.15) is 110 Å². The predicted molar refractivity (Wildman–Crippen MR) is 500 cm³/mol. The maximum atomic E-state index is 13.7. The van der Waals surface area contributed by atoms with Gasteiger partial charge in [0.2, 0.25) is 0 Å². The standard InChI is InChI=1S/C89H111Cl12N9O24/c1-80(41-90,42-91)71(114)126-53-86(7,54-127-72(115)81(2,43-92)44-93)77(120)123-38-62-35-108(105-102-62)32-14-11-17-68(111)132-65-26-20-59(21-27-65)89(10,60-22-28-66(29-23-60)133-69(112)18-12-15-33-109-36-63(103-106-109)39-124-78(121)87(8,55-128-73(116)82(3,45-94)46-95)56-129-74(117)83(4,47-96)48-97)61-24-30-67(31-25-61)134-70(113)19-13-16-34-110-37-64(104-107-110)40-125-79(122)88(9,57-130-75(118)84(5,49-98)50-99)58-131-76(119)85(6,51-100)52-101/h20-31,35-37H,11-19,32-34,38-58H2,1-10H3. The van der Waals surface area contributed by atoms with Gasteiger partial charge in [-0.25, -0.2) is 0 Å². The number of aromatic nitrogens is 9. The molecule has 6 rings (SSSR count). The van der Waals surface area contributed by atoms with Crippen LogP contribution >= 0.6 is 139 Å². The first-order valence-corrected chi connectivity index (χ1v) is 48.6. The number of alkyl halides is 12. The molecule has 0 amide bonds. The normalized spacial score (nSPS) is 12.4. The van der Waals surface area contributed by atoms with Crippen molar-refractivity contribution in [3.63, 3.8) is 0 Å². The number of aryl methyl sites for hydroxylation is 3. The molecule has 33 nitrogen and oxygen atoms in total. The second-order valence-corrected chi connectivity index (χ2v) is 38.5. The van der Waals surface area contributed by atoms with Crippen molar-refractivity contribution in [3.8, 4) is 17.2 Å². The molecular weight excluding hydrogens is 2000 g/mol. The second-order valence-electron chi connectivity index (χ2n) is 35.2. The molecule has 3 heterocycles. The van der Waals surface area contributed by atoms with Gasteiger partial charge in [-0.3, -0.25) is 71.6 Å². The van der Waals surface area contributed by atoms with Gasteiger partial charge in [0.05, 0.1) is 51.1 Å². The van der Waals surface area contributed by atoms with Crippen LogP contribution < -0.4 is 14.2 Å². The first-order chi connectivity index (χ1) is 63.3. The molecule has 0 N–H and O–H groups in total. The van der Waals surface area contributed by atoms with E-state index in [1.807, 2.05) is 6.92 Å². The van der Waals surface area contributed by atoms with Crippen LogP contribution in [0.1, 0.15) is 161 Å². The summed E-state index contributed by atoms with van der Waals surface area (Å²) in [6.45, 7) is 11.5. The fraction of sp³-hybridized carbons (Fsp3) is 0.596. The fourth-order valence-corrected chi connectivity index (χ4v) is 14.5. The number of unbranched alkanes of at least 4 members (excludes halogenated alkanes) is 3. The summed E-state index contributed by atoms with van der Waals surface area (Å²) in [6, 6.07) is 20.8. The highest BCUT2D eigenvalue weighted by atomic mass is 35.5. The number of rotatable bonds is 60. The summed E-state index contributed by atoms with van der Waals surface area (Å²) in [4.78, 5) is 160. The molecule has 0 saturated carbocycles. The third kappa shape index (κ3) is 32.4. The van der Waals surface area contributed by atoms with Crippen molar-refractivity contribution in [1.29, 1.82) is 0 Å². The number of hydrogen-bond donors (Lipinski definition) is 0. The summed E-state index contributed by atoms with van der Waals surface area (Å²) in [6.07, 6.45) is 7.21. The fourth-order valence-electron chi connectivity index (χ4n) is 11.5. The Morgan fingerprint density at radius 1 is 0.254 bits per heavy atom. The Morgan fingerprint density at radius 3 is 0.612 bits per heavy atom. The number of nitrogens with zero attached hydrogens (tertiary/aromatic N) is 9. The Morgan fingerprint density at radius 2 is 0.433 bits per heavy atom. The van der Waals surface area contributed by atoms with Crippen LogP contribution in [0.3, 0.4) is 0 Å². The van der Waals surface area contributed by atoms with Crippen molar-refractivity contribution in [3.05, 3.63) is 125 Å². The molecule has 740 valence electrons. The molecule has 0 bridgehead atoms. The van der Waals surface area contributed by atoms with E-state index in [1.165, 1.54) is 76.4 Å². The molecule has 0 aliphatic carbocycles. The van der Waals surface area contributed by atoms with Crippen molar-refractivity contribution in [2.24, 2.45) is 48.7 Å². The van der Waals surface area contributed by atoms with Crippen LogP contribution in [0.2, 0.25) is 0 Å². The van der Waals surface area contributed by atoms with Gasteiger partial charge in [0.25, 0.3) is 0 Å². The lowest BCUT2D eigenvalue weighted by molar-refractivity contribution is -0.177. The van der Waals surface area contributed by atoms with Crippen molar-refractivity contribution in [1.82, 2.24) is 45.0 Å². The average Bonchev–Trinajstić information content (AvgIpc) is 0.921. The van der Waals surface area contributed by atoms with Crippen LogP contribution in [-0.2, 0) is 145 Å². The van der Waals surface area contributed by atoms with Gasteiger partial charge in [0, 0.05) is 115 Å². The third-order valence-corrected chi connectivity index (χ3v) is 29.0. The van der Waals surface area contributed by atoms with Gasteiger partial charge in [-0.15, -0.1) is 155 Å². The average molecular weight is 2120 g/mol. The van der Waals surface area contributed by atoms with Crippen LogP contribution in [0.15, 0.2) is 91.4 Å². The number of halogens is 12. The SMILES string of the molecule is CC(CCl)(CCl)C(=O)OCC(C)(COC(=O)C(C)(CCl)CCl)C(=O)OCc1cn(CCCCC(=O)Oc2ccc(C(C)(c3ccc(OC(=O)CCCCn4cc(COC(=O)C(C)(COC(=O)C(C)(CCl)CCl)COC(=O)C(C)(CCl)CCl)nn4)cc3)c3ccc(OC(=O)CCCCn4cc(COC(=O)C(C)(COC(=O)C(C)(CCl)CCl)COC(=O)C(C)(CCl)CCl)nn4)cc3)cc2)nn1. The third-order valence-electron chi connectivity index (χ3n) is 22.0. The molecule has 0 fully saturated rings. The Labute approximate surface area is 837 Å². The van der Waals surface area contributed by atoms with E-state index in [1.54, 1.807) is 91.4 Å². The molecule has 6 aromatic rings. The van der Waals surface area contributed by atoms with Gasteiger partial charge < -0.3 is 56.8 Å². The van der Waals surface area contributed by atoms with Crippen LogP contribution in [0.25, 0.3) is 0 Å². The van der Waals surface area contributed by atoms with E-state index in [0.29, 0.717) is 58.2 Å². The van der Waals surface area contributed by atoms with E-state index in [-0.39, 0.29) is 144 Å². The highest BCUT2D eigenvalue weighted by molar-refractivity contribution is 6.26. The molecule has 0 radical (unpaired) electrons. The van der Waals surface area contributed by atoms with E-state index in [2.05, 4.69) is 30.9 Å². The van der Waals surface area contributed by atoms with Crippen molar-refractivity contribution >= 4 is 211 Å². The Hall–Kier alpha value is -7.80. The smallest absolute Gasteiger partial charge is 0.319 e. The molecule has 0 spiro atoms. The summed E-state index contributed by atoms with van der Waals surface area (Å²) >= 11 is 72.2. The monoisotopic (exact) mass is 2110 g/mol. The Kier molecular flexibility index (Phi) is 45.8. The second kappa shape index (κ2) is 53.4. The van der Waals surface area contributed by atoms with Crippen LogP contribution in [0.4, 0.5) is 0 Å². The molecule has 0 unspecified atom stereocenters. The molecule has 0 aliphatic rings. The minimum absolute atomic E-state index is 0.0215. The van der Waals surface area contributed by atoms with Crippen LogP contribution in [0.5, 0.6) is 17.2 Å². The summed E-state index contributed by atoms with van der Waals surface area (Å²) in [5, 5.41) is 24.7. The molecule has 0 atom stereocenters. The first-order valence-electron chi connectivity index (χ1n) is 42.2. The Balaban J connectivity index is 1.09. The van der Waals surface area contributed by atoms with E-state index >= 15 is 0 Å². The maximum absolute atomic E-state index is 13.7. The van der Waals surface area contributed by atoms with Gasteiger partial charge in [-0.1, -0.05) is 52.0 Å². The molecule has 3 aromatic carbocycles. The lowest BCUT2D eigenvalue weighted by atomic mass is 9.71. The topological polar surface area (TPSA) is 408 Å². The first kappa shape index (κ1) is 115. The summed E-state index contributed by atoms with van der Waals surface area (Å²) in [5.74, 6) is -10.3. The van der Waals surface area contributed by atoms with Gasteiger partial charge in [-0.2, -0.15) is 0 Å². The molecule has 0 saturated heterocycles. The molecule has 45 heteroatoms. The highest BCUT2D eigenvalue weighted by Crippen LogP contribution is 2.42. The number of carbonyl (C=O) groups is 12. The minimum Gasteiger partial charge on any atom is -0.464 e. The molecule has 134 heavy (non-hydrogen) atoms. The summed E-state index contributed by atoms with van der Waals surface area (Å²) < 4.78 is 71.7. The van der Waals surface area contributed by atoms with Gasteiger partial charge >= 0.3 is 71.6 Å². The van der Waals surface area contributed by atoms with E-state index in [4.69, 9.17) is 196 Å². The zero-order chi connectivity index (χ0) is 99.5.